The number of nitrogens with zero attached hydrogens (tertiary/aromatic N) is 1. The highest BCUT2D eigenvalue weighted by Crippen LogP contribution is 2.13. The Hall–Kier alpha value is -1.60. The number of ether oxygens (including phenoxy) is 1. The number of sulfonamides is 1. The van der Waals surface area contributed by atoms with Crippen molar-refractivity contribution in [3.05, 3.63) is 29.8 Å². The van der Waals surface area contributed by atoms with E-state index >= 15 is 0 Å². The molecule has 20 heavy (non-hydrogen) atoms. The van der Waals surface area contributed by atoms with Crippen LogP contribution in [0.3, 0.4) is 0 Å². The third kappa shape index (κ3) is 3.29. The Morgan fingerprint density at radius 1 is 1.35 bits per heavy atom. The number of carbonyl (C=O) groups excluding carboxylic acids is 1. The lowest BCUT2D eigenvalue weighted by Gasteiger charge is -2.32. The number of benzene rings is 1. The Morgan fingerprint density at radius 3 is 2.60 bits per heavy atom. The third-order valence-electron chi connectivity index (χ3n) is 3.16. The Morgan fingerprint density at radius 2 is 2.00 bits per heavy atom. The van der Waals surface area contributed by atoms with Crippen LogP contribution in [-0.4, -0.2) is 38.7 Å². The zero-order valence-corrected chi connectivity index (χ0v) is 12.3. The number of nitrogens with one attached hydrogen (secondary N) is 1. The second-order valence-corrected chi connectivity index (χ2v) is 6.42. The van der Waals surface area contributed by atoms with Crippen molar-refractivity contribution in [3.63, 3.8) is 0 Å². The molecule has 1 aromatic rings. The van der Waals surface area contributed by atoms with Crippen molar-refractivity contribution in [1.29, 1.82) is 0 Å². The van der Waals surface area contributed by atoms with Crippen molar-refractivity contribution in [2.24, 2.45) is 0 Å². The fraction of sp³-hybridized carbons (Fsp3) is 0.462. The third-order valence-corrected chi connectivity index (χ3v) is 4.49. The summed E-state index contributed by atoms with van der Waals surface area (Å²) in [6, 6.07) is 5.66. The minimum atomic E-state index is -3.85. The van der Waals surface area contributed by atoms with E-state index in [-0.39, 0.29) is 4.90 Å². The van der Waals surface area contributed by atoms with Crippen LogP contribution in [0.5, 0.6) is 0 Å². The molecular weight excluding hydrogens is 280 g/mol. The van der Waals surface area contributed by atoms with Gasteiger partial charge in [-0.15, -0.1) is 0 Å². The lowest BCUT2D eigenvalue weighted by atomic mass is 10.2. The summed E-state index contributed by atoms with van der Waals surface area (Å²) in [5.41, 5.74) is 0.952. The molecule has 110 valence electrons. The number of amides is 2. The van der Waals surface area contributed by atoms with E-state index in [9.17, 15) is 13.2 Å². The average molecular weight is 298 g/mol. The first kappa shape index (κ1) is 14.8. The SMILES string of the molecule is Cc1ccc(S(=O)(=O)NC(=O)N2CCCOC2C)cc1. The van der Waals surface area contributed by atoms with E-state index in [0.717, 1.165) is 5.56 Å². The Kier molecular flexibility index (Phi) is 4.29. The topological polar surface area (TPSA) is 75.7 Å². The summed E-state index contributed by atoms with van der Waals surface area (Å²) in [6.07, 6.45) is 0.277. The molecule has 0 spiro atoms. The maximum Gasteiger partial charge on any atom is 0.333 e. The van der Waals surface area contributed by atoms with Crippen molar-refractivity contribution in [2.75, 3.05) is 13.2 Å². The first-order chi connectivity index (χ1) is 9.40. The number of carbonyl (C=O) groups is 1. The van der Waals surface area contributed by atoms with Crippen LogP contribution in [0.2, 0.25) is 0 Å². The summed E-state index contributed by atoms with van der Waals surface area (Å²) in [5.74, 6) is 0. The van der Waals surface area contributed by atoms with E-state index in [1.54, 1.807) is 19.1 Å². The molecule has 1 atom stereocenters. The zero-order chi connectivity index (χ0) is 14.8. The van der Waals surface area contributed by atoms with Crippen LogP contribution in [-0.2, 0) is 14.8 Å². The predicted molar refractivity (Wildman–Crippen MR) is 73.6 cm³/mol. The van der Waals surface area contributed by atoms with Gasteiger partial charge in [0.05, 0.1) is 11.5 Å². The van der Waals surface area contributed by atoms with E-state index in [4.69, 9.17) is 4.74 Å². The van der Waals surface area contributed by atoms with E-state index < -0.39 is 22.3 Å². The van der Waals surface area contributed by atoms with E-state index in [1.165, 1.54) is 17.0 Å². The molecule has 6 nitrogen and oxygen atoms in total. The number of hydrogen-bond donors (Lipinski definition) is 1. The van der Waals surface area contributed by atoms with Crippen LogP contribution in [0.25, 0.3) is 0 Å². The largest absolute Gasteiger partial charge is 0.358 e. The first-order valence-corrected chi connectivity index (χ1v) is 7.90. The van der Waals surface area contributed by atoms with Crippen molar-refractivity contribution in [3.8, 4) is 0 Å². The molecule has 2 amide bonds. The lowest BCUT2D eigenvalue weighted by Crippen LogP contribution is -2.50. The fourth-order valence-corrected chi connectivity index (χ4v) is 2.94. The highest BCUT2D eigenvalue weighted by Gasteiger charge is 2.27. The Balaban J connectivity index is 2.11. The molecule has 1 heterocycles. The van der Waals surface area contributed by atoms with Crippen LogP contribution in [0.1, 0.15) is 18.9 Å². The molecule has 7 heteroatoms. The van der Waals surface area contributed by atoms with Gasteiger partial charge in [0.25, 0.3) is 10.0 Å². The zero-order valence-electron chi connectivity index (χ0n) is 11.5. The maximum absolute atomic E-state index is 12.1. The van der Waals surface area contributed by atoms with Crippen LogP contribution in [0.15, 0.2) is 29.2 Å². The van der Waals surface area contributed by atoms with Crippen molar-refractivity contribution in [1.82, 2.24) is 9.62 Å². The summed E-state index contributed by atoms with van der Waals surface area (Å²) in [7, 11) is -3.85. The molecule has 0 bridgehead atoms. The van der Waals surface area contributed by atoms with E-state index in [0.29, 0.717) is 19.6 Å². The second kappa shape index (κ2) is 5.80. The molecule has 1 saturated heterocycles. The van der Waals surface area contributed by atoms with Gasteiger partial charge in [0.2, 0.25) is 0 Å². The lowest BCUT2D eigenvalue weighted by molar-refractivity contribution is -0.0588. The summed E-state index contributed by atoms with van der Waals surface area (Å²) in [4.78, 5) is 13.5. The molecule has 0 radical (unpaired) electrons. The van der Waals surface area contributed by atoms with Crippen molar-refractivity contribution < 1.29 is 17.9 Å². The molecule has 1 aliphatic rings. The summed E-state index contributed by atoms with van der Waals surface area (Å²) < 4.78 is 31.6. The molecule has 1 fully saturated rings. The fourth-order valence-electron chi connectivity index (χ4n) is 1.98. The van der Waals surface area contributed by atoms with Crippen LogP contribution in [0.4, 0.5) is 4.79 Å². The number of urea groups is 1. The molecule has 1 unspecified atom stereocenters. The standard InChI is InChI=1S/C13H18N2O4S/c1-10-4-6-12(7-5-10)20(17,18)14-13(16)15-8-3-9-19-11(15)2/h4-7,11H,3,8-9H2,1-2H3,(H,14,16). The van der Waals surface area contributed by atoms with Gasteiger partial charge in [-0.05, 0) is 32.4 Å². The van der Waals surface area contributed by atoms with Gasteiger partial charge in [-0.1, -0.05) is 17.7 Å². The molecule has 0 aromatic heterocycles. The summed E-state index contributed by atoms with van der Waals surface area (Å²) >= 11 is 0. The molecule has 1 aliphatic heterocycles. The molecule has 0 aliphatic carbocycles. The number of aryl methyl sites for hydroxylation is 1. The smallest absolute Gasteiger partial charge is 0.333 e. The monoisotopic (exact) mass is 298 g/mol. The van der Waals surface area contributed by atoms with Crippen LogP contribution in [0, 0.1) is 6.92 Å². The number of rotatable bonds is 2. The maximum atomic E-state index is 12.1. The van der Waals surface area contributed by atoms with Crippen molar-refractivity contribution >= 4 is 16.1 Å². The molecule has 0 saturated carbocycles. The van der Waals surface area contributed by atoms with Crippen LogP contribution < -0.4 is 4.72 Å². The van der Waals surface area contributed by atoms with Gasteiger partial charge in [0.15, 0.2) is 0 Å². The minimum Gasteiger partial charge on any atom is -0.358 e. The summed E-state index contributed by atoms with van der Waals surface area (Å²) in [6.45, 7) is 4.64. The minimum absolute atomic E-state index is 0.0713. The van der Waals surface area contributed by atoms with Gasteiger partial charge in [0, 0.05) is 6.54 Å². The Bertz CT molecular complexity index is 583. The highest BCUT2D eigenvalue weighted by molar-refractivity contribution is 7.90. The second-order valence-electron chi connectivity index (χ2n) is 4.74. The van der Waals surface area contributed by atoms with Gasteiger partial charge < -0.3 is 4.74 Å². The Labute approximate surface area is 118 Å². The van der Waals surface area contributed by atoms with E-state index in [2.05, 4.69) is 4.72 Å². The normalized spacial score (nSPS) is 19.7. The van der Waals surface area contributed by atoms with Crippen molar-refractivity contribution in [2.45, 2.75) is 31.4 Å². The number of hydrogen-bond acceptors (Lipinski definition) is 4. The quantitative estimate of drug-likeness (QED) is 0.897. The first-order valence-electron chi connectivity index (χ1n) is 6.42. The highest BCUT2D eigenvalue weighted by atomic mass is 32.2. The predicted octanol–water partition coefficient (Wildman–Crippen LogP) is 1.46. The molecule has 1 N–H and O–H groups in total. The molecular formula is C13H18N2O4S. The molecule has 2 rings (SSSR count). The average Bonchev–Trinajstić information content (AvgIpc) is 2.39. The van der Waals surface area contributed by atoms with Gasteiger partial charge in [0.1, 0.15) is 6.23 Å². The van der Waals surface area contributed by atoms with E-state index in [1.807, 2.05) is 6.92 Å². The van der Waals surface area contributed by atoms with Gasteiger partial charge >= 0.3 is 6.03 Å². The van der Waals surface area contributed by atoms with Gasteiger partial charge in [-0.3, -0.25) is 4.90 Å². The summed E-state index contributed by atoms with van der Waals surface area (Å²) in [5, 5.41) is 0. The van der Waals surface area contributed by atoms with Gasteiger partial charge in [-0.2, -0.15) is 0 Å². The van der Waals surface area contributed by atoms with Crippen LogP contribution >= 0.6 is 0 Å². The van der Waals surface area contributed by atoms with Gasteiger partial charge in [-0.25, -0.2) is 17.9 Å². The molecule has 1 aromatic carbocycles.